The lowest BCUT2D eigenvalue weighted by Gasteiger charge is -2.14. The molecule has 1 atom stereocenters. The maximum absolute atomic E-state index is 13.9. The first kappa shape index (κ1) is 11.3. The molecule has 1 aliphatic rings. The van der Waals surface area contributed by atoms with Crippen LogP contribution in [-0.4, -0.2) is 21.9 Å². The van der Waals surface area contributed by atoms with E-state index < -0.39 is 0 Å². The number of fused-ring (bicyclic) bond motifs is 1. The molecule has 92 valence electrons. The van der Waals surface area contributed by atoms with Crippen molar-refractivity contribution in [1.82, 2.24) is 10.2 Å². The molecule has 0 spiro atoms. The van der Waals surface area contributed by atoms with E-state index in [0.29, 0.717) is 17.1 Å². The Morgan fingerprint density at radius 3 is 3.00 bits per heavy atom. The summed E-state index contributed by atoms with van der Waals surface area (Å²) in [4.78, 5) is 11.5. The number of nitrogens with zero attached hydrogens (tertiary/aromatic N) is 1. The number of halogens is 1. The van der Waals surface area contributed by atoms with Crippen molar-refractivity contribution < 1.29 is 9.18 Å². The van der Waals surface area contributed by atoms with Crippen LogP contribution in [0.2, 0.25) is 0 Å². The summed E-state index contributed by atoms with van der Waals surface area (Å²) in [5.74, 6) is 0.473. The van der Waals surface area contributed by atoms with Crippen LogP contribution in [0.5, 0.6) is 0 Å². The molecule has 6 heteroatoms. The van der Waals surface area contributed by atoms with Gasteiger partial charge in [-0.2, -0.15) is 5.10 Å². The van der Waals surface area contributed by atoms with Gasteiger partial charge in [-0.1, -0.05) is 18.2 Å². The first-order chi connectivity index (χ1) is 8.75. The molecule has 0 saturated carbocycles. The Labute approximate surface area is 107 Å². The number of carbonyl (C=O) groups is 1. The van der Waals surface area contributed by atoms with Crippen molar-refractivity contribution >= 4 is 23.5 Å². The minimum absolute atomic E-state index is 0.107. The number of rotatable bonds is 1. The summed E-state index contributed by atoms with van der Waals surface area (Å²) >= 11 is 1.39. The Morgan fingerprint density at radius 1 is 1.33 bits per heavy atom. The third-order valence-electron chi connectivity index (χ3n) is 2.78. The predicted molar refractivity (Wildman–Crippen MR) is 67.9 cm³/mol. The number of anilines is 1. The van der Waals surface area contributed by atoms with Gasteiger partial charge in [0.2, 0.25) is 5.91 Å². The second-order valence-corrected chi connectivity index (χ2v) is 5.05. The van der Waals surface area contributed by atoms with Crippen LogP contribution in [0.3, 0.4) is 0 Å². The maximum Gasteiger partial charge on any atom is 0.235 e. The van der Waals surface area contributed by atoms with Crippen LogP contribution in [0.25, 0.3) is 0 Å². The van der Waals surface area contributed by atoms with E-state index in [9.17, 15) is 9.18 Å². The average Bonchev–Trinajstić information content (AvgIpc) is 2.74. The summed E-state index contributed by atoms with van der Waals surface area (Å²) in [5.41, 5.74) is 1.37. The molecule has 18 heavy (non-hydrogen) atoms. The Bertz CT molecular complexity index is 599. The number of hydrogen-bond acceptors (Lipinski definition) is 3. The van der Waals surface area contributed by atoms with E-state index in [1.54, 1.807) is 24.4 Å². The summed E-state index contributed by atoms with van der Waals surface area (Å²) in [6.07, 6.45) is 1.63. The summed E-state index contributed by atoms with van der Waals surface area (Å²) in [6.45, 7) is 0. The molecule has 2 heterocycles. The van der Waals surface area contributed by atoms with Gasteiger partial charge in [-0.15, -0.1) is 11.8 Å². The Hall–Kier alpha value is -1.82. The first-order valence-corrected chi connectivity index (χ1v) is 6.49. The molecule has 0 radical (unpaired) electrons. The molecule has 1 aliphatic heterocycles. The highest BCUT2D eigenvalue weighted by Crippen LogP contribution is 2.41. The molecule has 0 bridgehead atoms. The topological polar surface area (TPSA) is 57.8 Å². The molecule has 1 aromatic carbocycles. The smallest absolute Gasteiger partial charge is 0.235 e. The summed E-state index contributed by atoms with van der Waals surface area (Å²) in [5, 5.41) is 9.14. The monoisotopic (exact) mass is 263 g/mol. The largest absolute Gasteiger partial charge is 0.310 e. The number of aromatic nitrogens is 2. The van der Waals surface area contributed by atoms with Gasteiger partial charge in [0.05, 0.1) is 17.2 Å². The average molecular weight is 263 g/mol. The molecule has 4 nitrogen and oxygen atoms in total. The van der Waals surface area contributed by atoms with Crippen LogP contribution < -0.4 is 5.32 Å². The summed E-state index contributed by atoms with van der Waals surface area (Å²) in [7, 11) is 0. The van der Waals surface area contributed by atoms with Crippen molar-refractivity contribution in [2.75, 3.05) is 11.1 Å². The van der Waals surface area contributed by atoms with Crippen LogP contribution in [0.4, 0.5) is 10.2 Å². The molecule has 1 unspecified atom stereocenters. The van der Waals surface area contributed by atoms with Gasteiger partial charge >= 0.3 is 0 Å². The number of hydrogen-bond donors (Lipinski definition) is 2. The molecule has 1 aromatic heterocycles. The Balaban J connectivity index is 2.08. The van der Waals surface area contributed by atoms with Crippen molar-refractivity contribution in [1.29, 1.82) is 0 Å². The second-order valence-electron chi connectivity index (χ2n) is 3.96. The zero-order valence-electron chi connectivity index (χ0n) is 9.31. The van der Waals surface area contributed by atoms with Gasteiger partial charge in [0, 0.05) is 11.1 Å². The molecule has 0 aliphatic carbocycles. The molecule has 3 rings (SSSR count). The number of amides is 1. The SMILES string of the molecule is O=C1CSC(c2ccccc2F)c2cn[nH]c2N1. The lowest BCUT2D eigenvalue weighted by molar-refractivity contribution is -0.113. The van der Waals surface area contributed by atoms with Gasteiger partial charge in [0.25, 0.3) is 0 Å². The van der Waals surface area contributed by atoms with Gasteiger partial charge < -0.3 is 5.32 Å². The quantitative estimate of drug-likeness (QED) is 0.830. The highest BCUT2D eigenvalue weighted by Gasteiger charge is 2.27. The van der Waals surface area contributed by atoms with E-state index in [1.807, 2.05) is 0 Å². The van der Waals surface area contributed by atoms with Crippen molar-refractivity contribution in [3.63, 3.8) is 0 Å². The molecule has 2 N–H and O–H groups in total. The molecule has 1 amide bonds. The first-order valence-electron chi connectivity index (χ1n) is 5.45. The molecular formula is C12H10FN3OS. The molecule has 2 aromatic rings. The van der Waals surface area contributed by atoms with Crippen LogP contribution >= 0.6 is 11.8 Å². The van der Waals surface area contributed by atoms with Gasteiger partial charge in [-0.05, 0) is 6.07 Å². The van der Waals surface area contributed by atoms with E-state index in [2.05, 4.69) is 15.5 Å². The van der Waals surface area contributed by atoms with E-state index in [4.69, 9.17) is 0 Å². The van der Waals surface area contributed by atoms with Crippen LogP contribution in [-0.2, 0) is 4.79 Å². The standard InChI is InChI=1S/C12H10FN3OS/c13-9-4-2-1-3-7(9)11-8-5-14-16-12(8)15-10(17)6-18-11/h1-5,11H,6H2,(H2,14,15,16,17). The van der Waals surface area contributed by atoms with Crippen molar-refractivity contribution in [3.05, 3.63) is 47.4 Å². The van der Waals surface area contributed by atoms with Crippen LogP contribution in [0.1, 0.15) is 16.4 Å². The predicted octanol–water partition coefficient (Wildman–Crippen LogP) is 2.32. The van der Waals surface area contributed by atoms with Crippen molar-refractivity contribution in [2.45, 2.75) is 5.25 Å². The van der Waals surface area contributed by atoms with E-state index in [1.165, 1.54) is 17.8 Å². The minimum Gasteiger partial charge on any atom is -0.310 e. The zero-order chi connectivity index (χ0) is 12.5. The summed E-state index contributed by atoms with van der Waals surface area (Å²) in [6, 6.07) is 6.61. The van der Waals surface area contributed by atoms with E-state index in [-0.39, 0.29) is 17.0 Å². The zero-order valence-corrected chi connectivity index (χ0v) is 10.1. The fourth-order valence-electron chi connectivity index (χ4n) is 1.96. The molecule has 0 saturated heterocycles. The highest BCUT2D eigenvalue weighted by atomic mass is 32.2. The lowest BCUT2D eigenvalue weighted by Crippen LogP contribution is -2.12. The van der Waals surface area contributed by atoms with Crippen LogP contribution in [0, 0.1) is 5.82 Å². The lowest BCUT2D eigenvalue weighted by atomic mass is 10.1. The Morgan fingerprint density at radius 2 is 2.17 bits per heavy atom. The fourth-order valence-corrected chi connectivity index (χ4v) is 3.08. The normalized spacial score (nSPS) is 18.9. The number of nitrogens with one attached hydrogen (secondary N) is 2. The van der Waals surface area contributed by atoms with Gasteiger partial charge in [0.15, 0.2) is 0 Å². The van der Waals surface area contributed by atoms with E-state index >= 15 is 0 Å². The maximum atomic E-state index is 13.9. The number of aromatic amines is 1. The van der Waals surface area contributed by atoms with Crippen LogP contribution in [0.15, 0.2) is 30.5 Å². The van der Waals surface area contributed by atoms with Crippen molar-refractivity contribution in [2.24, 2.45) is 0 Å². The van der Waals surface area contributed by atoms with Gasteiger partial charge in [-0.25, -0.2) is 4.39 Å². The second kappa shape index (κ2) is 4.45. The third kappa shape index (κ3) is 1.88. The number of carbonyl (C=O) groups excluding carboxylic acids is 1. The van der Waals surface area contributed by atoms with Gasteiger partial charge in [0.1, 0.15) is 11.6 Å². The van der Waals surface area contributed by atoms with Gasteiger partial charge in [-0.3, -0.25) is 9.89 Å². The Kier molecular flexibility index (Phi) is 2.79. The minimum atomic E-state index is -0.267. The molecule has 0 fully saturated rings. The van der Waals surface area contributed by atoms with E-state index in [0.717, 1.165) is 5.56 Å². The number of thioether (sulfide) groups is 1. The molecular weight excluding hydrogens is 253 g/mol. The summed E-state index contributed by atoms with van der Waals surface area (Å²) < 4.78 is 13.9. The number of H-pyrrole nitrogens is 1. The van der Waals surface area contributed by atoms with Crippen molar-refractivity contribution in [3.8, 4) is 0 Å². The highest BCUT2D eigenvalue weighted by molar-refractivity contribution is 8.00. The third-order valence-corrected chi connectivity index (χ3v) is 4.05. The number of benzene rings is 1. The fraction of sp³-hybridized carbons (Fsp3) is 0.167.